The number of hydrogen-bond donors (Lipinski definition) is 2. The number of aromatic nitrogens is 1. The third-order valence-electron chi connectivity index (χ3n) is 2.42. The summed E-state index contributed by atoms with van der Waals surface area (Å²) >= 11 is 0. The quantitative estimate of drug-likeness (QED) is 0.710. The summed E-state index contributed by atoms with van der Waals surface area (Å²) in [6.45, 7) is 0. The average Bonchev–Trinajstić information content (AvgIpc) is 2.99. The van der Waals surface area contributed by atoms with Gasteiger partial charge < -0.3 is 15.9 Å². The van der Waals surface area contributed by atoms with Crippen molar-refractivity contribution in [2.75, 3.05) is 12.8 Å². The lowest BCUT2D eigenvalue weighted by molar-refractivity contribution is 0.413. The first-order valence-electron chi connectivity index (χ1n) is 4.61. The molecular weight excluding hydrogens is 178 g/mol. The zero-order valence-corrected chi connectivity index (χ0v) is 8.08. The number of nitrogens with one attached hydrogen (secondary N) is 1. The number of rotatable bonds is 3. The van der Waals surface area contributed by atoms with Crippen molar-refractivity contribution in [1.82, 2.24) is 4.98 Å². The molecule has 74 valence electrons. The molecule has 1 aromatic heterocycles. The zero-order chi connectivity index (χ0) is 10.1. The molecule has 1 saturated carbocycles. The van der Waals surface area contributed by atoms with Gasteiger partial charge in [0, 0.05) is 17.8 Å². The van der Waals surface area contributed by atoms with Crippen LogP contribution in [0.1, 0.15) is 18.4 Å². The van der Waals surface area contributed by atoms with Crippen LogP contribution in [0.15, 0.2) is 12.3 Å². The fourth-order valence-corrected chi connectivity index (χ4v) is 1.48. The third kappa shape index (κ3) is 1.43. The maximum absolute atomic E-state index is 7.93. The van der Waals surface area contributed by atoms with Crippen LogP contribution in [0.2, 0.25) is 0 Å². The average molecular weight is 191 g/mol. The number of nitrogens with two attached hydrogens (primary N) is 1. The third-order valence-corrected chi connectivity index (χ3v) is 2.42. The molecule has 1 heterocycles. The van der Waals surface area contributed by atoms with E-state index >= 15 is 0 Å². The fraction of sp³-hybridized carbons (Fsp3) is 0.400. The van der Waals surface area contributed by atoms with Crippen molar-refractivity contribution in [2.45, 2.75) is 12.8 Å². The molecule has 0 aromatic carbocycles. The Morgan fingerprint density at radius 2 is 2.36 bits per heavy atom. The van der Waals surface area contributed by atoms with Crippen LogP contribution < -0.4 is 10.5 Å². The molecule has 0 amide bonds. The molecular formula is C10H13N3O. The Morgan fingerprint density at radius 1 is 1.64 bits per heavy atom. The lowest BCUT2D eigenvalue weighted by atomic mass is 10.1. The van der Waals surface area contributed by atoms with E-state index in [1.54, 1.807) is 19.4 Å². The zero-order valence-electron chi connectivity index (χ0n) is 8.08. The molecule has 1 aromatic rings. The minimum absolute atomic E-state index is 0.357. The van der Waals surface area contributed by atoms with Crippen molar-refractivity contribution in [3.8, 4) is 5.75 Å². The lowest BCUT2D eigenvalue weighted by Crippen LogP contribution is -2.09. The summed E-state index contributed by atoms with van der Waals surface area (Å²) in [6, 6.07) is 1.74. The molecule has 0 bridgehead atoms. The molecule has 2 rings (SSSR count). The van der Waals surface area contributed by atoms with Crippen LogP contribution >= 0.6 is 0 Å². The number of hydrogen-bond acceptors (Lipinski definition) is 4. The van der Waals surface area contributed by atoms with Crippen molar-refractivity contribution >= 4 is 11.5 Å². The Labute approximate surface area is 82.6 Å². The van der Waals surface area contributed by atoms with Crippen molar-refractivity contribution < 1.29 is 4.74 Å². The molecule has 0 spiro atoms. The van der Waals surface area contributed by atoms with Gasteiger partial charge in [-0.1, -0.05) is 0 Å². The van der Waals surface area contributed by atoms with E-state index in [2.05, 4.69) is 4.98 Å². The highest BCUT2D eigenvalue weighted by Gasteiger charge is 2.30. The second kappa shape index (κ2) is 3.29. The number of methoxy groups -OCH3 is 1. The SMILES string of the molecule is COc1ccnc(N)c1C(=N)C1CC1. The maximum Gasteiger partial charge on any atom is 0.136 e. The molecule has 0 unspecified atom stereocenters. The smallest absolute Gasteiger partial charge is 0.136 e. The summed E-state index contributed by atoms with van der Waals surface area (Å²) in [5.74, 6) is 1.39. The van der Waals surface area contributed by atoms with E-state index in [0.29, 0.717) is 28.8 Å². The van der Waals surface area contributed by atoms with Gasteiger partial charge in [-0.3, -0.25) is 0 Å². The van der Waals surface area contributed by atoms with Gasteiger partial charge in [-0.05, 0) is 18.9 Å². The Morgan fingerprint density at radius 3 is 2.93 bits per heavy atom. The Balaban J connectivity index is 2.42. The van der Waals surface area contributed by atoms with Crippen LogP contribution in [0.25, 0.3) is 0 Å². The van der Waals surface area contributed by atoms with Gasteiger partial charge in [-0.15, -0.1) is 0 Å². The number of pyridine rings is 1. The summed E-state index contributed by atoms with van der Waals surface area (Å²) in [5, 5.41) is 7.93. The van der Waals surface area contributed by atoms with Crippen molar-refractivity contribution in [3.05, 3.63) is 17.8 Å². The molecule has 0 saturated heterocycles. The minimum atomic E-state index is 0.357. The molecule has 0 atom stereocenters. The van der Waals surface area contributed by atoms with Gasteiger partial charge in [0.2, 0.25) is 0 Å². The van der Waals surface area contributed by atoms with E-state index in [1.165, 1.54) is 0 Å². The number of nitrogens with zero attached hydrogens (tertiary/aromatic N) is 1. The van der Waals surface area contributed by atoms with Gasteiger partial charge in [0.15, 0.2) is 0 Å². The second-order valence-corrected chi connectivity index (χ2v) is 3.46. The Hall–Kier alpha value is -1.58. The number of anilines is 1. The first-order chi connectivity index (χ1) is 6.74. The molecule has 0 aliphatic heterocycles. The van der Waals surface area contributed by atoms with Crippen molar-refractivity contribution in [1.29, 1.82) is 5.41 Å². The molecule has 1 aliphatic carbocycles. The fourth-order valence-electron chi connectivity index (χ4n) is 1.48. The minimum Gasteiger partial charge on any atom is -0.496 e. The predicted molar refractivity (Wildman–Crippen MR) is 54.8 cm³/mol. The summed E-state index contributed by atoms with van der Waals surface area (Å²) < 4.78 is 5.16. The second-order valence-electron chi connectivity index (χ2n) is 3.46. The van der Waals surface area contributed by atoms with Gasteiger partial charge in [0.05, 0.1) is 12.7 Å². The van der Waals surface area contributed by atoms with Gasteiger partial charge in [-0.25, -0.2) is 4.98 Å². The van der Waals surface area contributed by atoms with Crippen LogP contribution in [0.4, 0.5) is 5.82 Å². The normalized spacial score (nSPS) is 15.2. The largest absolute Gasteiger partial charge is 0.496 e. The van der Waals surface area contributed by atoms with E-state index in [9.17, 15) is 0 Å². The van der Waals surface area contributed by atoms with Crippen LogP contribution in [0.3, 0.4) is 0 Å². The van der Waals surface area contributed by atoms with Crippen LogP contribution in [0, 0.1) is 11.3 Å². The van der Waals surface area contributed by atoms with E-state index in [4.69, 9.17) is 15.9 Å². The van der Waals surface area contributed by atoms with E-state index in [1.807, 2.05) is 0 Å². The Bertz CT molecular complexity index is 372. The van der Waals surface area contributed by atoms with Crippen molar-refractivity contribution in [3.63, 3.8) is 0 Å². The summed E-state index contributed by atoms with van der Waals surface area (Å²) in [4.78, 5) is 3.98. The molecule has 1 aliphatic rings. The van der Waals surface area contributed by atoms with E-state index in [0.717, 1.165) is 12.8 Å². The predicted octanol–water partition coefficient (Wildman–Crippen LogP) is 1.45. The summed E-state index contributed by atoms with van der Waals surface area (Å²) in [7, 11) is 1.58. The van der Waals surface area contributed by atoms with Crippen molar-refractivity contribution in [2.24, 2.45) is 5.92 Å². The number of ether oxygens (including phenoxy) is 1. The van der Waals surface area contributed by atoms with Gasteiger partial charge in [0.25, 0.3) is 0 Å². The summed E-state index contributed by atoms with van der Waals surface area (Å²) in [5.41, 5.74) is 6.96. The molecule has 4 nitrogen and oxygen atoms in total. The first kappa shape index (κ1) is 8.99. The van der Waals surface area contributed by atoms with Gasteiger partial charge in [0.1, 0.15) is 11.6 Å². The highest BCUT2D eigenvalue weighted by atomic mass is 16.5. The standard InChI is InChI=1S/C10H13N3O/c1-14-7-4-5-13-10(12)8(7)9(11)6-2-3-6/h4-6,11H,2-3H2,1H3,(H2,12,13). The van der Waals surface area contributed by atoms with E-state index < -0.39 is 0 Å². The first-order valence-corrected chi connectivity index (χ1v) is 4.61. The topological polar surface area (TPSA) is 72.0 Å². The Kier molecular flexibility index (Phi) is 2.11. The maximum atomic E-state index is 7.93. The monoisotopic (exact) mass is 191 g/mol. The van der Waals surface area contributed by atoms with Crippen LogP contribution in [0.5, 0.6) is 5.75 Å². The van der Waals surface area contributed by atoms with E-state index in [-0.39, 0.29) is 0 Å². The molecule has 1 fully saturated rings. The lowest BCUT2D eigenvalue weighted by Gasteiger charge is -2.10. The highest BCUT2D eigenvalue weighted by Crippen LogP contribution is 2.36. The molecule has 14 heavy (non-hydrogen) atoms. The van der Waals surface area contributed by atoms with Gasteiger partial charge >= 0.3 is 0 Å². The number of nitrogen functional groups attached to an aromatic ring is 1. The van der Waals surface area contributed by atoms with Crippen LogP contribution in [-0.2, 0) is 0 Å². The van der Waals surface area contributed by atoms with Crippen LogP contribution in [-0.4, -0.2) is 17.8 Å². The highest BCUT2D eigenvalue weighted by molar-refractivity contribution is 6.06. The molecule has 4 heteroatoms. The summed E-state index contributed by atoms with van der Waals surface area (Å²) in [6.07, 6.45) is 3.75. The molecule has 0 radical (unpaired) electrons. The molecule has 3 N–H and O–H groups in total. The van der Waals surface area contributed by atoms with Gasteiger partial charge in [-0.2, -0.15) is 0 Å².